The van der Waals surface area contributed by atoms with Gasteiger partial charge in [0.05, 0.1) is 0 Å². The van der Waals surface area contributed by atoms with E-state index in [-0.39, 0.29) is 24.0 Å². The summed E-state index contributed by atoms with van der Waals surface area (Å²) in [6.07, 6.45) is 3.94. The summed E-state index contributed by atoms with van der Waals surface area (Å²) in [5, 5.41) is 2.24. The third kappa shape index (κ3) is 2.75. The van der Waals surface area contributed by atoms with Crippen molar-refractivity contribution < 1.29 is 14.4 Å². The minimum absolute atomic E-state index is 0.118. The Labute approximate surface area is 98.2 Å². The quantitative estimate of drug-likeness (QED) is 0.615. The van der Waals surface area contributed by atoms with Gasteiger partial charge in [-0.1, -0.05) is 0 Å². The lowest BCUT2D eigenvalue weighted by atomic mass is 9.91. The number of carbonyl (C=O) groups is 3. The monoisotopic (exact) mass is 232 g/mol. The summed E-state index contributed by atoms with van der Waals surface area (Å²) in [5.74, 6) is -1.13. The van der Waals surface area contributed by atoms with Crippen LogP contribution in [0.3, 0.4) is 0 Å². The molecule has 1 aromatic rings. The van der Waals surface area contributed by atoms with Gasteiger partial charge in [-0.25, -0.2) is 0 Å². The molecular weight excluding hydrogens is 220 g/mol. The van der Waals surface area contributed by atoms with Crippen LogP contribution in [0.4, 0.5) is 0 Å². The van der Waals surface area contributed by atoms with Gasteiger partial charge in [0, 0.05) is 36.7 Å². The molecule has 1 aliphatic rings. The molecule has 88 valence electrons. The predicted molar refractivity (Wildman–Crippen MR) is 59.1 cm³/mol. The molecule has 0 radical (unpaired) electrons. The molecule has 2 rings (SSSR count). The normalized spacial score (nSPS) is 19.9. The summed E-state index contributed by atoms with van der Waals surface area (Å²) in [5.41, 5.74) is 0.497. The zero-order valence-corrected chi connectivity index (χ0v) is 9.18. The molecule has 0 aromatic carbocycles. The highest BCUT2D eigenvalue weighted by Gasteiger charge is 2.28. The third-order valence-corrected chi connectivity index (χ3v) is 2.77. The van der Waals surface area contributed by atoms with Crippen LogP contribution < -0.4 is 5.32 Å². The molecule has 0 aliphatic carbocycles. The van der Waals surface area contributed by atoms with E-state index in [2.05, 4.69) is 10.3 Å². The second-order valence-electron chi connectivity index (χ2n) is 4.02. The number of hydrogen-bond acceptors (Lipinski definition) is 4. The molecule has 1 atom stereocenters. The molecule has 0 spiro atoms. The van der Waals surface area contributed by atoms with Gasteiger partial charge in [0.15, 0.2) is 5.78 Å². The number of imide groups is 1. The van der Waals surface area contributed by atoms with Crippen molar-refractivity contribution in [2.24, 2.45) is 5.92 Å². The summed E-state index contributed by atoms with van der Waals surface area (Å²) in [6.45, 7) is 0. The SMILES string of the molecule is O=C1CCC(CC(=O)c2cccnc2)C(=O)N1. The van der Waals surface area contributed by atoms with E-state index in [4.69, 9.17) is 0 Å². The molecule has 2 amide bonds. The van der Waals surface area contributed by atoms with Crippen molar-refractivity contribution in [2.75, 3.05) is 0 Å². The molecule has 0 saturated carbocycles. The van der Waals surface area contributed by atoms with Gasteiger partial charge in [0.1, 0.15) is 0 Å². The van der Waals surface area contributed by atoms with Gasteiger partial charge in [-0.2, -0.15) is 0 Å². The standard InChI is InChI=1S/C12H12N2O3/c15-10(9-2-1-5-13-7-9)6-8-3-4-11(16)14-12(8)17/h1-2,5,7-8H,3-4,6H2,(H,14,16,17). The first-order valence-corrected chi connectivity index (χ1v) is 5.44. The number of carbonyl (C=O) groups excluding carboxylic acids is 3. The molecule has 17 heavy (non-hydrogen) atoms. The average Bonchev–Trinajstić information content (AvgIpc) is 2.34. The molecule has 2 heterocycles. The van der Waals surface area contributed by atoms with Gasteiger partial charge in [0.2, 0.25) is 11.8 Å². The number of Topliss-reactive ketones (excluding diaryl/α,β-unsaturated/α-hetero) is 1. The van der Waals surface area contributed by atoms with Crippen LogP contribution in [-0.4, -0.2) is 22.6 Å². The van der Waals surface area contributed by atoms with Crippen molar-refractivity contribution in [1.29, 1.82) is 0 Å². The van der Waals surface area contributed by atoms with Crippen LogP contribution in [0.25, 0.3) is 0 Å². The van der Waals surface area contributed by atoms with Gasteiger partial charge in [-0.3, -0.25) is 24.7 Å². The van der Waals surface area contributed by atoms with E-state index in [0.717, 1.165) is 0 Å². The van der Waals surface area contributed by atoms with Crippen LogP contribution in [0, 0.1) is 5.92 Å². The molecule has 1 aliphatic heterocycles. The van der Waals surface area contributed by atoms with Crippen LogP contribution in [-0.2, 0) is 9.59 Å². The Bertz CT molecular complexity index is 456. The van der Waals surface area contributed by atoms with Gasteiger partial charge in [-0.15, -0.1) is 0 Å². The van der Waals surface area contributed by atoms with Crippen molar-refractivity contribution in [3.63, 3.8) is 0 Å². The Morgan fingerprint density at radius 1 is 1.47 bits per heavy atom. The number of pyridine rings is 1. The maximum atomic E-state index is 11.8. The summed E-state index contributed by atoms with van der Waals surface area (Å²) in [6, 6.07) is 3.35. The second kappa shape index (κ2) is 4.86. The first-order valence-electron chi connectivity index (χ1n) is 5.44. The van der Waals surface area contributed by atoms with E-state index in [1.807, 2.05) is 0 Å². The van der Waals surface area contributed by atoms with E-state index in [1.165, 1.54) is 6.20 Å². The number of piperidine rings is 1. The number of rotatable bonds is 3. The molecule has 1 saturated heterocycles. The first-order chi connectivity index (χ1) is 8.16. The molecule has 1 fully saturated rings. The molecule has 1 N–H and O–H groups in total. The lowest BCUT2D eigenvalue weighted by Gasteiger charge is -2.19. The fraction of sp³-hybridized carbons (Fsp3) is 0.333. The summed E-state index contributed by atoms with van der Waals surface area (Å²) >= 11 is 0. The molecule has 5 heteroatoms. The maximum Gasteiger partial charge on any atom is 0.230 e. The Kier molecular flexibility index (Phi) is 3.27. The third-order valence-electron chi connectivity index (χ3n) is 2.77. The van der Waals surface area contributed by atoms with Crippen LogP contribution in [0.1, 0.15) is 29.6 Å². The van der Waals surface area contributed by atoms with Crippen molar-refractivity contribution in [2.45, 2.75) is 19.3 Å². The number of aromatic nitrogens is 1. The highest BCUT2D eigenvalue weighted by molar-refractivity contribution is 6.03. The number of nitrogens with zero attached hydrogens (tertiary/aromatic N) is 1. The van der Waals surface area contributed by atoms with Crippen LogP contribution in [0.15, 0.2) is 24.5 Å². The Balaban J connectivity index is 2.00. The average molecular weight is 232 g/mol. The number of amides is 2. The lowest BCUT2D eigenvalue weighted by Crippen LogP contribution is -2.41. The number of hydrogen-bond donors (Lipinski definition) is 1. The number of ketones is 1. The van der Waals surface area contributed by atoms with Gasteiger partial charge in [0.25, 0.3) is 0 Å². The minimum atomic E-state index is -0.402. The van der Waals surface area contributed by atoms with Crippen molar-refractivity contribution in [1.82, 2.24) is 10.3 Å². The summed E-state index contributed by atoms with van der Waals surface area (Å²) in [4.78, 5) is 38.1. The fourth-order valence-electron chi connectivity index (χ4n) is 1.80. The topological polar surface area (TPSA) is 76.1 Å². The minimum Gasteiger partial charge on any atom is -0.296 e. The Morgan fingerprint density at radius 3 is 2.94 bits per heavy atom. The van der Waals surface area contributed by atoms with E-state index in [0.29, 0.717) is 18.4 Å². The molecule has 5 nitrogen and oxygen atoms in total. The lowest BCUT2D eigenvalue weighted by molar-refractivity contribution is -0.136. The van der Waals surface area contributed by atoms with E-state index >= 15 is 0 Å². The second-order valence-corrected chi connectivity index (χ2v) is 4.02. The molecule has 1 unspecified atom stereocenters. The van der Waals surface area contributed by atoms with E-state index < -0.39 is 5.92 Å². The first kappa shape index (κ1) is 11.4. The van der Waals surface area contributed by atoms with Crippen molar-refractivity contribution in [3.8, 4) is 0 Å². The van der Waals surface area contributed by atoms with Gasteiger partial charge in [-0.05, 0) is 18.6 Å². The Hall–Kier alpha value is -2.04. The van der Waals surface area contributed by atoms with E-state index in [9.17, 15) is 14.4 Å². The van der Waals surface area contributed by atoms with Crippen LogP contribution in [0.2, 0.25) is 0 Å². The highest BCUT2D eigenvalue weighted by Crippen LogP contribution is 2.18. The number of nitrogens with one attached hydrogen (secondary N) is 1. The van der Waals surface area contributed by atoms with Gasteiger partial charge < -0.3 is 0 Å². The van der Waals surface area contributed by atoms with Crippen molar-refractivity contribution in [3.05, 3.63) is 30.1 Å². The van der Waals surface area contributed by atoms with E-state index in [1.54, 1.807) is 18.3 Å². The molecular formula is C12H12N2O3. The molecule has 0 bridgehead atoms. The smallest absolute Gasteiger partial charge is 0.230 e. The maximum absolute atomic E-state index is 11.8. The summed E-state index contributed by atoms with van der Waals surface area (Å²) in [7, 11) is 0. The van der Waals surface area contributed by atoms with Crippen LogP contribution in [0.5, 0.6) is 0 Å². The predicted octanol–water partition coefficient (Wildman–Crippen LogP) is 0.707. The zero-order chi connectivity index (χ0) is 12.3. The molecule has 1 aromatic heterocycles. The van der Waals surface area contributed by atoms with Crippen LogP contribution >= 0.6 is 0 Å². The summed E-state index contributed by atoms with van der Waals surface area (Å²) < 4.78 is 0. The Morgan fingerprint density at radius 2 is 2.29 bits per heavy atom. The fourth-order valence-corrected chi connectivity index (χ4v) is 1.80. The largest absolute Gasteiger partial charge is 0.296 e. The zero-order valence-electron chi connectivity index (χ0n) is 9.18. The highest BCUT2D eigenvalue weighted by atomic mass is 16.2. The van der Waals surface area contributed by atoms with Gasteiger partial charge >= 0.3 is 0 Å². The van der Waals surface area contributed by atoms with Crippen molar-refractivity contribution >= 4 is 17.6 Å².